The fraction of sp³-hybridized carbons (Fsp3) is 1.00. The Balaban J connectivity index is 0.00000162. The monoisotopic (exact) mass is 274 g/mol. The van der Waals surface area contributed by atoms with Gasteiger partial charge in [0.2, 0.25) is 0 Å². The van der Waals surface area contributed by atoms with Crippen molar-refractivity contribution in [2.24, 2.45) is 11.3 Å². The molecule has 2 aliphatic rings. The van der Waals surface area contributed by atoms with Crippen molar-refractivity contribution in [3.05, 3.63) is 0 Å². The summed E-state index contributed by atoms with van der Waals surface area (Å²) in [6, 6.07) is 0.859. The first kappa shape index (κ1) is 16.3. The Bertz CT molecular complexity index is 227. The molecule has 0 aromatic rings. The molecule has 108 valence electrons. The molecule has 0 unspecified atom stereocenters. The third kappa shape index (κ3) is 4.71. The molecule has 0 amide bonds. The van der Waals surface area contributed by atoms with Crippen LogP contribution in [0.4, 0.5) is 0 Å². The molecule has 18 heavy (non-hydrogen) atoms. The molecule has 0 bridgehead atoms. The zero-order valence-electron chi connectivity index (χ0n) is 12.4. The van der Waals surface area contributed by atoms with Crippen molar-refractivity contribution >= 4 is 12.4 Å². The fourth-order valence-corrected chi connectivity index (χ4v) is 3.45. The molecule has 0 spiro atoms. The van der Waals surface area contributed by atoms with E-state index >= 15 is 0 Å². The number of rotatable bonds is 3. The van der Waals surface area contributed by atoms with Gasteiger partial charge in [-0.3, -0.25) is 0 Å². The predicted molar refractivity (Wildman–Crippen MR) is 81.5 cm³/mol. The van der Waals surface area contributed by atoms with E-state index in [1.807, 2.05) is 0 Å². The Hall–Kier alpha value is 0.210. The second kappa shape index (κ2) is 7.12. The molecule has 1 heterocycles. The molecule has 1 saturated carbocycles. The van der Waals surface area contributed by atoms with E-state index in [0.29, 0.717) is 5.41 Å². The molecular weight excluding hydrogens is 244 g/mol. The Kier molecular flexibility index (Phi) is 6.43. The van der Waals surface area contributed by atoms with Crippen molar-refractivity contribution in [2.45, 2.75) is 58.4 Å². The summed E-state index contributed by atoms with van der Waals surface area (Å²) in [5, 5.41) is 3.46. The average Bonchev–Trinajstić information content (AvgIpc) is 2.30. The lowest BCUT2D eigenvalue weighted by Gasteiger charge is -2.40. The van der Waals surface area contributed by atoms with Crippen LogP contribution in [0.3, 0.4) is 0 Å². The van der Waals surface area contributed by atoms with E-state index in [0.717, 1.165) is 12.0 Å². The Morgan fingerprint density at radius 1 is 1.06 bits per heavy atom. The summed E-state index contributed by atoms with van der Waals surface area (Å²) in [6.07, 6.45) is 8.40. The zero-order valence-corrected chi connectivity index (χ0v) is 13.2. The van der Waals surface area contributed by atoms with Gasteiger partial charge in [-0.1, -0.05) is 13.8 Å². The van der Waals surface area contributed by atoms with Gasteiger partial charge in [-0.15, -0.1) is 12.4 Å². The molecule has 0 atom stereocenters. The second-order valence-corrected chi connectivity index (χ2v) is 7.03. The SMILES string of the molecule is CN(CC1CCNCC1)C1CCC(C)(C)CC1.Cl. The van der Waals surface area contributed by atoms with Crippen molar-refractivity contribution in [3.63, 3.8) is 0 Å². The smallest absolute Gasteiger partial charge is 0.00927 e. The highest BCUT2D eigenvalue weighted by Gasteiger charge is 2.29. The van der Waals surface area contributed by atoms with Gasteiger partial charge in [0.1, 0.15) is 0 Å². The predicted octanol–water partition coefficient (Wildman–Crippen LogP) is 3.31. The van der Waals surface area contributed by atoms with Gasteiger partial charge in [-0.2, -0.15) is 0 Å². The first-order chi connectivity index (χ1) is 8.07. The number of hydrogen-bond acceptors (Lipinski definition) is 2. The summed E-state index contributed by atoms with van der Waals surface area (Å²) in [6.45, 7) is 8.64. The minimum Gasteiger partial charge on any atom is -0.317 e. The van der Waals surface area contributed by atoms with E-state index in [4.69, 9.17) is 0 Å². The number of nitrogens with one attached hydrogen (secondary N) is 1. The van der Waals surface area contributed by atoms with Crippen LogP contribution in [0, 0.1) is 11.3 Å². The van der Waals surface area contributed by atoms with E-state index in [-0.39, 0.29) is 12.4 Å². The largest absolute Gasteiger partial charge is 0.317 e. The summed E-state index contributed by atoms with van der Waals surface area (Å²) in [5.41, 5.74) is 0.603. The second-order valence-electron chi connectivity index (χ2n) is 7.03. The van der Waals surface area contributed by atoms with E-state index in [1.165, 1.54) is 58.2 Å². The molecule has 2 nitrogen and oxygen atoms in total. The molecule has 1 N–H and O–H groups in total. The molecule has 3 heteroatoms. The van der Waals surface area contributed by atoms with Gasteiger partial charge in [0.25, 0.3) is 0 Å². The highest BCUT2D eigenvalue weighted by atomic mass is 35.5. The number of nitrogens with zero attached hydrogens (tertiary/aromatic N) is 1. The van der Waals surface area contributed by atoms with Crippen LogP contribution >= 0.6 is 12.4 Å². The van der Waals surface area contributed by atoms with E-state index in [2.05, 4.69) is 31.1 Å². The fourth-order valence-electron chi connectivity index (χ4n) is 3.45. The molecule has 0 aromatic heterocycles. The maximum absolute atomic E-state index is 3.46. The van der Waals surface area contributed by atoms with Crippen LogP contribution in [0.1, 0.15) is 52.4 Å². The Labute approximate surface area is 119 Å². The Morgan fingerprint density at radius 2 is 1.61 bits per heavy atom. The average molecular weight is 275 g/mol. The molecule has 0 radical (unpaired) electrons. The van der Waals surface area contributed by atoms with E-state index < -0.39 is 0 Å². The third-order valence-corrected chi connectivity index (χ3v) is 4.94. The highest BCUT2D eigenvalue weighted by Crippen LogP contribution is 2.36. The minimum atomic E-state index is 0. The van der Waals surface area contributed by atoms with Crippen molar-refractivity contribution in [1.29, 1.82) is 0 Å². The first-order valence-corrected chi connectivity index (χ1v) is 7.48. The van der Waals surface area contributed by atoms with Crippen LogP contribution in [0.5, 0.6) is 0 Å². The van der Waals surface area contributed by atoms with E-state index in [9.17, 15) is 0 Å². The molecule has 0 aromatic carbocycles. The molecule has 1 aliphatic heterocycles. The normalized spacial score (nSPS) is 26.0. The number of piperidine rings is 1. The van der Waals surface area contributed by atoms with Gasteiger partial charge in [0.15, 0.2) is 0 Å². The lowest BCUT2D eigenvalue weighted by atomic mass is 9.75. The lowest BCUT2D eigenvalue weighted by Crippen LogP contribution is -2.41. The van der Waals surface area contributed by atoms with Crippen LogP contribution in [0.25, 0.3) is 0 Å². The first-order valence-electron chi connectivity index (χ1n) is 7.48. The standard InChI is InChI=1S/C15H30N2.ClH/c1-15(2)8-4-14(5-9-15)17(3)12-13-6-10-16-11-7-13;/h13-14,16H,4-12H2,1-3H3;1H. The number of hydrogen-bond donors (Lipinski definition) is 1. The van der Waals surface area contributed by atoms with Gasteiger partial charge >= 0.3 is 0 Å². The van der Waals surface area contributed by atoms with Crippen molar-refractivity contribution in [2.75, 3.05) is 26.7 Å². The van der Waals surface area contributed by atoms with Gasteiger partial charge < -0.3 is 10.2 Å². The summed E-state index contributed by atoms with van der Waals surface area (Å²) in [7, 11) is 2.35. The van der Waals surface area contributed by atoms with Crippen LogP contribution in [0.2, 0.25) is 0 Å². The number of halogens is 1. The van der Waals surface area contributed by atoms with Crippen molar-refractivity contribution in [3.8, 4) is 0 Å². The van der Waals surface area contributed by atoms with Gasteiger partial charge in [0, 0.05) is 12.6 Å². The van der Waals surface area contributed by atoms with Crippen molar-refractivity contribution < 1.29 is 0 Å². The zero-order chi connectivity index (χ0) is 12.3. The van der Waals surface area contributed by atoms with Gasteiger partial charge in [0.05, 0.1) is 0 Å². The van der Waals surface area contributed by atoms with Crippen LogP contribution in [-0.4, -0.2) is 37.6 Å². The topological polar surface area (TPSA) is 15.3 Å². The van der Waals surface area contributed by atoms with Crippen molar-refractivity contribution in [1.82, 2.24) is 10.2 Å². The van der Waals surface area contributed by atoms with Gasteiger partial charge in [-0.25, -0.2) is 0 Å². The lowest BCUT2D eigenvalue weighted by molar-refractivity contribution is 0.109. The summed E-state index contributed by atoms with van der Waals surface area (Å²) >= 11 is 0. The van der Waals surface area contributed by atoms with Crippen LogP contribution in [0.15, 0.2) is 0 Å². The highest BCUT2D eigenvalue weighted by molar-refractivity contribution is 5.85. The van der Waals surface area contributed by atoms with Crippen LogP contribution in [-0.2, 0) is 0 Å². The minimum absolute atomic E-state index is 0. The molecule has 1 saturated heterocycles. The molecule has 2 rings (SSSR count). The molecule has 1 aliphatic carbocycles. The summed E-state index contributed by atoms with van der Waals surface area (Å²) in [4.78, 5) is 2.66. The third-order valence-electron chi connectivity index (χ3n) is 4.94. The van der Waals surface area contributed by atoms with Gasteiger partial charge in [-0.05, 0) is 70.0 Å². The maximum atomic E-state index is 3.46. The molecule has 2 fully saturated rings. The summed E-state index contributed by atoms with van der Waals surface area (Å²) in [5.74, 6) is 0.941. The maximum Gasteiger partial charge on any atom is 0.00927 e. The quantitative estimate of drug-likeness (QED) is 0.849. The van der Waals surface area contributed by atoms with Crippen LogP contribution < -0.4 is 5.32 Å². The summed E-state index contributed by atoms with van der Waals surface area (Å²) < 4.78 is 0. The van der Waals surface area contributed by atoms with E-state index in [1.54, 1.807) is 0 Å². The molecular formula is C15H31ClN2. The Morgan fingerprint density at radius 3 is 2.17 bits per heavy atom.